The maximum absolute atomic E-state index is 14.9. The van der Waals surface area contributed by atoms with Gasteiger partial charge in [-0.15, -0.1) is 0 Å². The number of hydrogen-bond acceptors (Lipinski definition) is 4. The standard InChI is InChI=1S/C24H34FN3O2/c1-24(2)9-7-17(8-10-24)16-27-11-13-28(14-12-27)21-5-3-18(15-20(21)25)19-4-6-22(29)26-23(19)30/h3,5,15,17,19H,4,6-14,16H2,1-2H3,(H,26,29,30). The number of amides is 2. The van der Waals surface area contributed by atoms with Crippen molar-refractivity contribution in [2.24, 2.45) is 11.3 Å². The largest absolute Gasteiger partial charge is 0.367 e. The number of nitrogens with one attached hydrogen (secondary N) is 1. The number of nitrogens with zero attached hydrogens (tertiary/aromatic N) is 2. The Balaban J connectivity index is 1.31. The van der Waals surface area contributed by atoms with E-state index in [4.69, 9.17) is 0 Å². The first kappa shape index (κ1) is 21.3. The molecule has 1 aromatic rings. The molecule has 2 aliphatic heterocycles. The van der Waals surface area contributed by atoms with Crippen LogP contribution in [-0.4, -0.2) is 49.4 Å². The summed E-state index contributed by atoms with van der Waals surface area (Å²) < 4.78 is 14.9. The molecule has 1 saturated carbocycles. The second-order valence-electron chi connectivity index (χ2n) is 10.1. The van der Waals surface area contributed by atoms with Gasteiger partial charge in [-0.2, -0.15) is 0 Å². The van der Waals surface area contributed by atoms with Crippen molar-refractivity contribution >= 4 is 17.5 Å². The van der Waals surface area contributed by atoms with Crippen LogP contribution >= 0.6 is 0 Å². The summed E-state index contributed by atoms with van der Waals surface area (Å²) >= 11 is 0. The van der Waals surface area contributed by atoms with Crippen LogP contribution in [-0.2, 0) is 9.59 Å². The van der Waals surface area contributed by atoms with Crippen molar-refractivity contribution in [2.45, 2.75) is 58.3 Å². The number of carbonyl (C=O) groups excluding carboxylic acids is 2. The number of halogens is 1. The van der Waals surface area contributed by atoms with Crippen LogP contribution in [0.5, 0.6) is 0 Å². The van der Waals surface area contributed by atoms with Gasteiger partial charge in [0.25, 0.3) is 0 Å². The van der Waals surface area contributed by atoms with E-state index in [-0.39, 0.29) is 17.6 Å². The predicted molar refractivity (Wildman–Crippen MR) is 116 cm³/mol. The van der Waals surface area contributed by atoms with E-state index in [0.29, 0.717) is 29.5 Å². The molecule has 1 atom stereocenters. The molecular weight excluding hydrogens is 381 g/mol. The van der Waals surface area contributed by atoms with Gasteiger partial charge in [0.05, 0.1) is 11.6 Å². The van der Waals surface area contributed by atoms with E-state index < -0.39 is 5.92 Å². The molecule has 1 aliphatic carbocycles. The number of anilines is 1. The Labute approximate surface area is 179 Å². The van der Waals surface area contributed by atoms with Gasteiger partial charge in [-0.25, -0.2) is 4.39 Å². The summed E-state index contributed by atoms with van der Waals surface area (Å²) in [5.74, 6) is -0.487. The zero-order valence-electron chi connectivity index (χ0n) is 18.3. The topological polar surface area (TPSA) is 52.6 Å². The van der Waals surface area contributed by atoms with Crippen molar-refractivity contribution in [3.63, 3.8) is 0 Å². The Hall–Kier alpha value is -1.95. The highest BCUT2D eigenvalue weighted by atomic mass is 19.1. The van der Waals surface area contributed by atoms with E-state index in [1.165, 1.54) is 38.3 Å². The average Bonchev–Trinajstić information content (AvgIpc) is 2.70. The average molecular weight is 416 g/mol. The fraction of sp³-hybridized carbons (Fsp3) is 0.667. The summed E-state index contributed by atoms with van der Waals surface area (Å²) in [5, 5.41) is 2.35. The fourth-order valence-electron chi connectivity index (χ4n) is 5.19. The molecule has 1 unspecified atom stereocenters. The van der Waals surface area contributed by atoms with Gasteiger partial charge in [0, 0.05) is 39.1 Å². The van der Waals surface area contributed by atoms with Gasteiger partial charge in [-0.3, -0.25) is 19.8 Å². The lowest BCUT2D eigenvalue weighted by atomic mass is 9.73. The minimum absolute atomic E-state index is 0.247. The van der Waals surface area contributed by atoms with Crippen molar-refractivity contribution in [2.75, 3.05) is 37.6 Å². The minimum atomic E-state index is -0.441. The lowest BCUT2D eigenvalue weighted by molar-refractivity contribution is -0.134. The van der Waals surface area contributed by atoms with Crippen LogP contribution in [0.2, 0.25) is 0 Å². The number of piperidine rings is 1. The summed E-state index contributed by atoms with van der Waals surface area (Å²) in [6, 6.07) is 5.12. The molecule has 2 saturated heterocycles. The van der Waals surface area contributed by atoms with E-state index in [2.05, 4.69) is 29.0 Å². The fourth-order valence-corrected chi connectivity index (χ4v) is 5.19. The van der Waals surface area contributed by atoms with E-state index >= 15 is 0 Å². The van der Waals surface area contributed by atoms with Crippen molar-refractivity contribution in [1.82, 2.24) is 10.2 Å². The molecule has 164 valence electrons. The van der Waals surface area contributed by atoms with Gasteiger partial charge in [0.2, 0.25) is 11.8 Å². The normalized spacial score (nSPS) is 26.0. The summed E-state index contributed by atoms with van der Waals surface area (Å²) in [4.78, 5) is 28.1. The first-order valence-corrected chi connectivity index (χ1v) is 11.4. The van der Waals surface area contributed by atoms with Crippen LogP contribution in [0.3, 0.4) is 0 Å². The molecule has 0 bridgehead atoms. The van der Waals surface area contributed by atoms with Gasteiger partial charge >= 0.3 is 0 Å². The zero-order chi connectivity index (χ0) is 21.3. The zero-order valence-corrected chi connectivity index (χ0v) is 18.3. The van der Waals surface area contributed by atoms with Crippen molar-refractivity contribution in [3.8, 4) is 0 Å². The Morgan fingerprint density at radius 2 is 1.77 bits per heavy atom. The van der Waals surface area contributed by atoms with Crippen LogP contribution in [0.15, 0.2) is 18.2 Å². The quantitative estimate of drug-likeness (QED) is 0.762. The highest BCUT2D eigenvalue weighted by Gasteiger charge is 2.30. The molecule has 3 fully saturated rings. The van der Waals surface area contributed by atoms with E-state index in [1.807, 2.05) is 6.07 Å². The third-order valence-corrected chi connectivity index (χ3v) is 7.30. The second kappa shape index (κ2) is 8.66. The number of piperazine rings is 1. The molecule has 0 radical (unpaired) electrons. The molecule has 1 aromatic carbocycles. The highest BCUT2D eigenvalue weighted by Crippen LogP contribution is 2.38. The summed E-state index contributed by atoms with van der Waals surface area (Å²) in [5.41, 5.74) is 1.78. The van der Waals surface area contributed by atoms with Gasteiger partial charge in [-0.1, -0.05) is 19.9 Å². The number of rotatable bonds is 4. The lowest BCUT2D eigenvalue weighted by Gasteiger charge is -2.40. The van der Waals surface area contributed by atoms with Crippen molar-refractivity contribution < 1.29 is 14.0 Å². The number of carbonyl (C=O) groups is 2. The smallest absolute Gasteiger partial charge is 0.234 e. The summed E-state index contributed by atoms with van der Waals surface area (Å²) in [6.45, 7) is 9.51. The summed E-state index contributed by atoms with van der Waals surface area (Å²) in [6.07, 6.45) is 6.04. The maximum atomic E-state index is 14.9. The Morgan fingerprint density at radius 3 is 2.40 bits per heavy atom. The van der Waals surface area contributed by atoms with E-state index in [0.717, 1.165) is 32.1 Å². The molecule has 6 heteroatoms. The lowest BCUT2D eigenvalue weighted by Crippen LogP contribution is -2.48. The second-order valence-corrected chi connectivity index (χ2v) is 10.1. The van der Waals surface area contributed by atoms with Crippen LogP contribution in [0.25, 0.3) is 0 Å². The first-order chi connectivity index (χ1) is 14.3. The predicted octanol–water partition coefficient (Wildman–Crippen LogP) is 3.68. The van der Waals surface area contributed by atoms with Crippen LogP contribution in [0.4, 0.5) is 10.1 Å². The Bertz CT molecular complexity index is 792. The number of benzene rings is 1. The molecule has 0 spiro atoms. The highest BCUT2D eigenvalue weighted by molar-refractivity contribution is 6.00. The van der Waals surface area contributed by atoms with Crippen molar-refractivity contribution in [3.05, 3.63) is 29.6 Å². The van der Waals surface area contributed by atoms with Gasteiger partial charge in [0.15, 0.2) is 0 Å². The molecule has 2 amide bonds. The third kappa shape index (κ3) is 4.85. The molecule has 5 nitrogen and oxygen atoms in total. The van der Waals surface area contributed by atoms with E-state index in [9.17, 15) is 14.0 Å². The first-order valence-electron chi connectivity index (χ1n) is 11.4. The SMILES string of the molecule is CC1(C)CCC(CN2CCN(c3ccc(C4CCC(=O)NC4=O)cc3F)CC2)CC1. The molecule has 1 N–H and O–H groups in total. The monoisotopic (exact) mass is 415 g/mol. The van der Waals surface area contributed by atoms with Crippen LogP contribution in [0.1, 0.15) is 63.9 Å². The van der Waals surface area contributed by atoms with Crippen LogP contribution < -0.4 is 10.2 Å². The number of imide groups is 1. The number of hydrogen-bond donors (Lipinski definition) is 1. The Kier molecular flexibility index (Phi) is 6.14. The molecule has 4 rings (SSSR count). The maximum Gasteiger partial charge on any atom is 0.234 e. The molecule has 30 heavy (non-hydrogen) atoms. The van der Waals surface area contributed by atoms with Gasteiger partial charge in [-0.05, 0) is 61.1 Å². The molecule has 2 heterocycles. The van der Waals surface area contributed by atoms with Crippen molar-refractivity contribution in [1.29, 1.82) is 0 Å². The third-order valence-electron chi connectivity index (χ3n) is 7.30. The van der Waals surface area contributed by atoms with E-state index in [1.54, 1.807) is 6.07 Å². The minimum Gasteiger partial charge on any atom is -0.367 e. The molecular formula is C24H34FN3O2. The summed E-state index contributed by atoms with van der Waals surface area (Å²) in [7, 11) is 0. The van der Waals surface area contributed by atoms with Gasteiger partial charge < -0.3 is 4.90 Å². The molecule has 0 aromatic heterocycles. The molecule has 3 aliphatic rings. The van der Waals surface area contributed by atoms with Gasteiger partial charge in [0.1, 0.15) is 5.82 Å². The van der Waals surface area contributed by atoms with Crippen LogP contribution in [0, 0.1) is 17.2 Å². The Morgan fingerprint density at radius 1 is 1.07 bits per heavy atom.